The maximum atomic E-state index is 5.66. The van der Waals surface area contributed by atoms with E-state index < -0.39 is 0 Å². The van der Waals surface area contributed by atoms with Gasteiger partial charge in [-0.3, -0.25) is 0 Å². The van der Waals surface area contributed by atoms with Gasteiger partial charge in [-0.05, 0) is 24.8 Å². The molecule has 2 aromatic rings. The number of aromatic nitrogens is 2. The molecule has 22 heavy (non-hydrogen) atoms. The van der Waals surface area contributed by atoms with Crippen LogP contribution in [0, 0.1) is 0 Å². The smallest absolute Gasteiger partial charge is 0.218 e. The fraction of sp³-hybridized carbons (Fsp3) is 0.412. The second-order valence-electron chi connectivity index (χ2n) is 5.32. The number of nitrogens with one attached hydrogen (secondary N) is 1. The van der Waals surface area contributed by atoms with E-state index >= 15 is 0 Å². The van der Waals surface area contributed by atoms with Gasteiger partial charge in [0.1, 0.15) is 11.9 Å². The van der Waals surface area contributed by atoms with E-state index in [1.165, 1.54) is 5.56 Å². The van der Waals surface area contributed by atoms with Crippen LogP contribution in [-0.2, 0) is 11.2 Å². The van der Waals surface area contributed by atoms with Crippen molar-refractivity contribution < 1.29 is 9.47 Å². The molecule has 1 aliphatic rings. The molecule has 1 aromatic heterocycles. The van der Waals surface area contributed by atoms with Crippen molar-refractivity contribution in [2.75, 3.05) is 25.6 Å². The minimum atomic E-state index is -0.00947. The highest BCUT2D eigenvalue weighted by atomic mass is 16.5. The van der Waals surface area contributed by atoms with Gasteiger partial charge in [-0.15, -0.1) is 0 Å². The summed E-state index contributed by atoms with van der Waals surface area (Å²) < 4.78 is 10.9. The predicted octanol–water partition coefficient (Wildman–Crippen LogP) is 2.99. The maximum Gasteiger partial charge on any atom is 0.218 e. The van der Waals surface area contributed by atoms with Gasteiger partial charge in [-0.25, -0.2) is 4.98 Å². The molecule has 0 saturated carbocycles. The molecule has 0 radical (unpaired) electrons. The van der Waals surface area contributed by atoms with Crippen LogP contribution < -0.4 is 10.1 Å². The van der Waals surface area contributed by atoms with Crippen molar-refractivity contribution in [2.45, 2.75) is 25.4 Å². The Morgan fingerprint density at radius 2 is 2.14 bits per heavy atom. The lowest BCUT2D eigenvalue weighted by atomic mass is 10.1. The number of ether oxygens (including phenoxy) is 2. The van der Waals surface area contributed by atoms with Gasteiger partial charge >= 0.3 is 0 Å². The van der Waals surface area contributed by atoms with Crippen molar-refractivity contribution in [2.24, 2.45) is 0 Å². The van der Waals surface area contributed by atoms with Gasteiger partial charge in [0.25, 0.3) is 0 Å². The summed E-state index contributed by atoms with van der Waals surface area (Å²) in [4.78, 5) is 8.97. The fourth-order valence-corrected chi connectivity index (χ4v) is 2.54. The first-order chi connectivity index (χ1) is 10.8. The standard InChI is InChI=1S/C17H21N3O2/c1-21-16-12-15(18-10-9-13-6-3-2-4-7-13)19-17(20-16)14-8-5-11-22-14/h2-4,6-7,12,14H,5,8-11H2,1H3,(H,18,19,20). The Kier molecular flexibility index (Phi) is 4.85. The van der Waals surface area contributed by atoms with Gasteiger partial charge < -0.3 is 14.8 Å². The minimum Gasteiger partial charge on any atom is -0.481 e. The largest absolute Gasteiger partial charge is 0.481 e. The average Bonchev–Trinajstić information content (AvgIpc) is 3.10. The van der Waals surface area contributed by atoms with Gasteiger partial charge in [-0.1, -0.05) is 30.3 Å². The number of rotatable bonds is 6. The second kappa shape index (κ2) is 7.22. The Morgan fingerprint density at radius 3 is 2.86 bits per heavy atom. The number of methoxy groups -OCH3 is 1. The Morgan fingerprint density at radius 1 is 1.27 bits per heavy atom. The topological polar surface area (TPSA) is 56.3 Å². The summed E-state index contributed by atoms with van der Waals surface area (Å²) in [7, 11) is 1.62. The molecule has 1 aromatic carbocycles. The number of hydrogen-bond acceptors (Lipinski definition) is 5. The summed E-state index contributed by atoms with van der Waals surface area (Å²) in [6.07, 6.45) is 2.96. The van der Waals surface area contributed by atoms with E-state index in [0.717, 1.165) is 38.2 Å². The van der Waals surface area contributed by atoms with Gasteiger partial charge in [0, 0.05) is 19.2 Å². The molecule has 3 rings (SSSR count). The molecule has 0 spiro atoms. The molecule has 1 atom stereocenters. The van der Waals surface area contributed by atoms with E-state index in [1.54, 1.807) is 7.11 Å². The molecule has 0 amide bonds. The Balaban J connectivity index is 1.65. The first-order valence-corrected chi connectivity index (χ1v) is 7.67. The fourth-order valence-electron chi connectivity index (χ4n) is 2.54. The maximum absolute atomic E-state index is 5.66. The van der Waals surface area contributed by atoms with E-state index in [9.17, 15) is 0 Å². The minimum absolute atomic E-state index is 0.00947. The van der Waals surface area contributed by atoms with Gasteiger partial charge in [0.15, 0.2) is 5.82 Å². The van der Waals surface area contributed by atoms with Crippen molar-refractivity contribution in [3.63, 3.8) is 0 Å². The van der Waals surface area contributed by atoms with Crippen LogP contribution in [0.1, 0.15) is 30.3 Å². The number of anilines is 1. The zero-order chi connectivity index (χ0) is 15.2. The monoisotopic (exact) mass is 299 g/mol. The summed E-state index contributed by atoms with van der Waals surface area (Å²) in [5, 5.41) is 3.35. The van der Waals surface area contributed by atoms with Gasteiger partial charge in [0.05, 0.1) is 7.11 Å². The highest BCUT2D eigenvalue weighted by Gasteiger charge is 2.21. The van der Waals surface area contributed by atoms with Crippen LogP contribution in [0.3, 0.4) is 0 Å². The second-order valence-corrected chi connectivity index (χ2v) is 5.32. The predicted molar refractivity (Wildman–Crippen MR) is 85.1 cm³/mol. The van der Waals surface area contributed by atoms with E-state index in [0.29, 0.717) is 11.7 Å². The number of benzene rings is 1. The zero-order valence-electron chi connectivity index (χ0n) is 12.8. The summed E-state index contributed by atoms with van der Waals surface area (Å²) in [6, 6.07) is 12.2. The summed E-state index contributed by atoms with van der Waals surface area (Å²) in [5.41, 5.74) is 1.30. The molecule has 5 nitrogen and oxygen atoms in total. The first-order valence-electron chi connectivity index (χ1n) is 7.67. The zero-order valence-corrected chi connectivity index (χ0v) is 12.8. The molecule has 1 fully saturated rings. The van der Waals surface area contributed by atoms with E-state index in [2.05, 4.69) is 39.6 Å². The summed E-state index contributed by atoms with van der Waals surface area (Å²) in [5.74, 6) is 2.06. The van der Waals surface area contributed by atoms with Crippen LogP contribution in [0.15, 0.2) is 36.4 Å². The van der Waals surface area contributed by atoms with Crippen LogP contribution in [0.4, 0.5) is 5.82 Å². The average molecular weight is 299 g/mol. The highest BCUT2D eigenvalue weighted by Crippen LogP contribution is 2.28. The van der Waals surface area contributed by atoms with Crippen LogP contribution in [0.25, 0.3) is 0 Å². The third kappa shape index (κ3) is 3.74. The van der Waals surface area contributed by atoms with Crippen LogP contribution >= 0.6 is 0 Å². The Bertz CT molecular complexity index is 598. The summed E-state index contributed by atoms with van der Waals surface area (Å²) >= 11 is 0. The SMILES string of the molecule is COc1cc(NCCc2ccccc2)nc(C2CCCO2)n1. The van der Waals surface area contributed by atoms with Crippen molar-refractivity contribution in [1.29, 1.82) is 0 Å². The molecule has 1 aliphatic heterocycles. The van der Waals surface area contributed by atoms with Gasteiger partial charge in [0.2, 0.25) is 5.88 Å². The first kappa shape index (κ1) is 14.8. The molecule has 116 valence electrons. The van der Waals surface area contributed by atoms with Crippen molar-refractivity contribution in [3.05, 3.63) is 47.8 Å². The lowest BCUT2D eigenvalue weighted by Crippen LogP contribution is -2.10. The molecular weight excluding hydrogens is 278 g/mol. The van der Waals surface area contributed by atoms with Crippen molar-refractivity contribution in [1.82, 2.24) is 9.97 Å². The van der Waals surface area contributed by atoms with E-state index in [4.69, 9.17) is 9.47 Å². The summed E-state index contributed by atoms with van der Waals surface area (Å²) in [6.45, 7) is 1.59. The van der Waals surface area contributed by atoms with Crippen LogP contribution in [0.2, 0.25) is 0 Å². The lowest BCUT2D eigenvalue weighted by Gasteiger charge is -2.12. The molecule has 0 aliphatic carbocycles. The van der Waals surface area contributed by atoms with E-state index in [-0.39, 0.29) is 6.10 Å². The highest BCUT2D eigenvalue weighted by molar-refractivity contribution is 5.39. The molecule has 1 unspecified atom stereocenters. The van der Waals surface area contributed by atoms with Crippen LogP contribution in [0.5, 0.6) is 5.88 Å². The third-order valence-corrected chi connectivity index (χ3v) is 3.71. The Labute approximate surface area is 130 Å². The van der Waals surface area contributed by atoms with E-state index in [1.807, 2.05) is 12.1 Å². The molecule has 0 bridgehead atoms. The van der Waals surface area contributed by atoms with Gasteiger partial charge in [-0.2, -0.15) is 4.98 Å². The molecule has 1 N–H and O–H groups in total. The number of hydrogen-bond donors (Lipinski definition) is 1. The molecular formula is C17H21N3O2. The molecule has 1 saturated heterocycles. The normalized spacial score (nSPS) is 17.4. The third-order valence-electron chi connectivity index (χ3n) is 3.71. The molecule has 5 heteroatoms. The van der Waals surface area contributed by atoms with Crippen molar-refractivity contribution >= 4 is 5.82 Å². The van der Waals surface area contributed by atoms with Crippen molar-refractivity contribution in [3.8, 4) is 5.88 Å². The quantitative estimate of drug-likeness (QED) is 0.888. The lowest BCUT2D eigenvalue weighted by molar-refractivity contribution is 0.104. The molecule has 2 heterocycles. The number of nitrogens with zero attached hydrogens (tertiary/aromatic N) is 2. The Hall–Kier alpha value is -2.14. The van der Waals surface area contributed by atoms with Crippen LogP contribution in [-0.4, -0.2) is 30.2 Å².